The monoisotopic (exact) mass is 462 g/mol. The van der Waals surface area contributed by atoms with Crippen molar-refractivity contribution < 1.29 is 9.18 Å². The van der Waals surface area contributed by atoms with Gasteiger partial charge in [0.15, 0.2) is 0 Å². The number of hydrogen-bond donors (Lipinski definition) is 1. The number of pyridine rings is 1. The maximum Gasteiger partial charge on any atom is 0.251 e. The number of nitrogens with one attached hydrogen (secondary N) is 1. The van der Waals surface area contributed by atoms with Gasteiger partial charge in [0.25, 0.3) is 5.91 Å². The molecular formula is C26H24ClFN4O. The van der Waals surface area contributed by atoms with E-state index in [1.165, 1.54) is 12.1 Å². The van der Waals surface area contributed by atoms with Crippen LogP contribution in [0.4, 0.5) is 4.39 Å². The van der Waals surface area contributed by atoms with Crippen LogP contribution in [0.25, 0.3) is 0 Å². The molecular weight excluding hydrogens is 439 g/mol. The van der Waals surface area contributed by atoms with Crippen LogP contribution in [0.2, 0.25) is 5.02 Å². The van der Waals surface area contributed by atoms with E-state index in [9.17, 15) is 14.4 Å². The van der Waals surface area contributed by atoms with Crippen molar-refractivity contribution in [3.8, 4) is 6.07 Å². The number of piperidine rings is 1. The third-order valence-electron chi connectivity index (χ3n) is 6.13. The molecule has 33 heavy (non-hydrogen) atoms. The Morgan fingerprint density at radius 2 is 1.82 bits per heavy atom. The first-order chi connectivity index (χ1) is 16.0. The third kappa shape index (κ3) is 5.39. The fourth-order valence-electron chi connectivity index (χ4n) is 4.23. The van der Waals surface area contributed by atoms with Crippen LogP contribution >= 0.6 is 11.6 Å². The third-order valence-corrected chi connectivity index (χ3v) is 6.39. The summed E-state index contributed by atoms with van der Waals surface area (Å²) < 4.78 is 13.2. The Labute approximate surface area is 197 Å². The van der Waals surface area contributed by atoms with Gasteiger partial charge < -0.3 is 5.32 Å². The summed E-state index contributed by atoms with van der Waals surface area (Å²) in [5.41, 5.74) is 2.43. The molecule has 168 valence electrons. The van der Waals surface area contributed by atoms with Crippen LogP contribution in [0.1, 0.15) is 40.0 Å². The summed E-state index contributed by atoms with van der Waals surface area (Å²) in [5.74, 6) is -0.451. The number of benzene rings is 2. The molecule has 2 aromatic carbocycles. The number of likely N-dealkylation sites (tertiary alicyclic amines) is 1. The fourth-order valence-corrected chi connectivity index (χ4v) is 4.36. The van der Waals surface area contributed by atoms with E-state index in [0.717, 1.165) is 29.9 Å². The molecule has 4 rings (SSSR count). The predicted octanol–water partition coefficient (Wildman–Crippen LogP) is 4.86. The average Bonchev–Trinajstić information content (AvgIpc) is 2.85. The van der Waals surface area contributed by atoms with Crippen LogP contribution in [0.5, 0.6) is 0 Å². The standard InChI is InChI=1S/C26H24ClFN4O/c27-22-7-5-20(6-8-22)25(33)31-16-21-2-1-13-30-24(21)26(18-29)11-14-32(15-12-26)17-19-3-9-23(28)10-4-19/h1-10,13H,11-12,14-17H2,(H,31,33). The number of halogens is 2. The average molecular weight is 463 g/mol. The van der Waals surface area contributed by atoms with Crippen LogP contribution in [-0.2, 0) is 18.5 Å². The summed E-state index contributed by atoms with van der Waals surface area (Å²) in [5, 5.41) is 13.7. The first-order valence-electron chi connectivity index (χ1n) is 10.9. The summed E-state index contributed by atoms with van der Waals surface area (Å²) in [6.45, 7) is 2.47. The van der Waals surface area contributed by atoms with Crippen molar-refractivity contribution in [3.05, 3.63) is 100 Å². The van der Waals surface area contributed by atoms with Gasteiger partial charge in [-0.25, -0.2) is 4.39 Å². The van der Waals surface area contributed by atoms with E-state index in [4.69, 9.17) is 11.6 Å². The van der Waals surface area contributed by atoms with Crippen molar-refractivity contribution in [1.29, 1.82) is 5.26 Å². The second kappa shape index (κ2) is 10.1. The lowest BCUT2D eigenvalue weighted by Gasteiger charge is -2.37. The van der Waals surface area contributed by atoms with Crippen LogP contribution in [0.15, 0.2) is 66.9 Å². The first-order valence-corrected chi connectivity index (χ1v) is 11.2. The highest BCUT2D eigenvalue weighted by Crippen LogP contribution is 2.36. The largest absolute Gasteiger partial charge is 0.348 e. The van der Waals surface area contributed by atoms with Crippen LogP contribution in [0, 0.1) is 17.1 Å². The van der Waals surface area contributed by atoms with E-state index in [1.54, 1.807) is 42.6 Å². The van der Waals surface area contributed by atoms with Crippen molar-refractivity contribution in [2.75, 3.05) is 13.1 Å². The molecule has 0 bridgehead atoms. The van der Waals surface area contributed by atoms with Crippen LogP contribution in [-0.4, -0.2) is 28.9 Å². The minimum atomic E-state index is -0.707. The number of carbonyl (C=O) groups is 1. The zero-order chi connectivity index (χ0) is 23.3. The molecule has 0 saturated carbocycles. The molecule has 1 aromatic heterocycles. The summed E-state index contributed by atoms with van der Waals surface area (Å²) in [6, 6.07) is 19.5. The highest BCUT2D eigenvalue weighted by atomic mass is 35.5. The molecule has 0 unspecified atom stereocenters. The molecule has 5 nitrogen and oxygen atoms in total. The predicted molar refractivity (Wildman–Crippen MR) is 125 cm³/mol. The Balaban J connectivity index is 1.44. The van der Waals surface area contributed by atoms with Crippen molar-refractivity contribution in [2.24, 2.45) is 0 Å². The maximum absolute atomic E-state index is 13.2. The highest BCUT2D eigenvalue weighted by Gasteiger charge is 2.39. The number of rotatable bonds is 6. The number of hydrogen-bond acceptors (Lipinski definition) is 4. The lowest BCUT2D eigenvalue weighted by atomic mass is 9.75. The van der Waals surface area contributed by atoms with Gasteiger partial charge in [-0.05, 0) is 66.4 Å². The number of carbonyl (C=O) groups excluding carboxylic acids is 1. The van der Waals surface area contributed by atoms with E-state index in [0.29, 0.717) is 30.0 Å². The fraction of sp³-hybridized carbons (Fsp3) is 0.269. The van der Waals surface area contributed by atoms with Crippen molar-refractivity contribution >= 4 is 17.5 Å². The Morgan fingerprint density at radius 1 is 1.12 bits per heavy atom. The summed E-state index contributed by atoms with van der Waals surface area (Å²) >= 11 is 5.90. The van der Waals surface area contributed by atoms with Crippen LogP contribution in [0.3, 0.4) is 0 Å². The highest BCUT2D eigenvalue weighted by molar-refractivity contribution is 6.30. The van der Waals surface area contributed by atoms with E-state index < -0.39 is 5.41 Å². The van der Waals surface area contributed by atoms with Gasteiger partial charge in [0.2, 0.25) is 0 Å². The van der Waals surface area contributed by atoms with E-state index in [2.05, 4.69) is 21.3 Å². The van der Waals surface area contributed by atoms with Crippen molar-refractivity contribution in [2.45, 2.75) is 31.3 Å². The molecule has 1 fully saturated rings. The Kier molecular flexibility index (Phi) is 7.02. The molecule has 1 aliphatic rings. The second-order valence-electron chi connectivity index (χ2n) is 8.30. The molecule has 1 amide bonds. The Bertz CT molecular complexity index is 1150. The van der Waals surface area contributed by atoms with Crippen LogP contribution < -0.4 is 5.32 Å². The van der Waals surface area contributed by atoms with E-state index in [1.807, 2.05) is 12.1 Å². The normalized spacial score (nSPS) is 15.5. The molecule has 0 radical (unpaired) electrons. The second-order valence-corrected chi connectivity index (χ2v) is 8.73. The van der Waals surface area contributed by atoms with Gasteiger partial charge in [0.1, 0.15) is 11.2 Å². The molecule has 0 atom stereocenters. The molecule has 1 saturated heterocycles. The lowest BCUT2D eigenvalue weighted by Crippen LogP contribution is -2.42. The van der Waals surface area contributed by atoms with Gasteiger partial charge in [0.05, 0.1) is 11.8 Å². The quantitative estimate of drug-likeness (QED) is 0.568. The summed E-state index contributed by atoms with van der Waals surface area (Å²) in [7, 11) is 0. The summed E-state index contributed by atoms with van der Waals surface area (Å²) in [6.07, 6.45) is 2.98. The van der Waals surface area contributed by atoms with Crippen molar-refractivity contribution in [1.82, 2.24) is 15.2 Å². The Morgan fingerprint density at radius 3 is 2.48 bits per heavy atom. The SMILES string of the molecule is N#CC1(c2ncccc2CNC(=O)c2ccc(Cl)cc2)CCN(Cc2ccc(F)cc2)CC1. The Hall–Kier alpha value is -3.27. The van der Waals surface area contributed by atoms with Gasteiger partial charge in [-0.2, -0.15) is 5.26 Å². The number of aromatic nitrogens is 1. The van der Waals surface area contributed by atoms with Gasteiger partial charge in [-0.3, -0.25) is 14.7 Å². The number of amides is 1. The topological polar surface area (TPSA) is 69.0 Å². The molecule has 1 aliphatic heterocycles. The van der Waals surface area contributed by atoms with E-state index >= 15 is 0 Å². The smallest absolute Gasteiger partial charge is 0.251 e. The number of nitriles is 1. The molecule has 0 aliphatic carbocycles. The molecule has 7 heteroatoms. The van der Waals surface area contributed by atoms with E-state index in [-0.39, 0.29) is 18.3 Å². The molecule has 0 spiro atoms. The number of nitrogens with zero attached hydrogens (tertiary/aromatic N) is 3. The van der Waals surface area contributed by atoms with Crippen molar-refractivity contribution in [3.63, 3.8) is 0 Å². The molecule has 1 N–H and O–H groups in total. The van der Waals surface area contributed by atoms with Gasteiger partial charge in [-0.1, -0.05) is 29.8 Å². The minimum Gasteiger partial charge on any atom is -0.348 e. The maximum atomic E-state index is 13.2. The van der Waals surface area contributed by atoms with Gasteiger partial charge >= 0.3 is 0 Å². The lowest BCUT2D eigenvalue weighted by molar-refractivity contribution is 0.0950. The van der Waals surface area contributed by atoms with Gasteiger partial charge in [0, 0.05) is 43.0 Å². The molecule has 3 aromatic rings. The van der Waals surface area contributed by atoms with Gasteiger partial charge in [-0.15, -0.1) is 0 Å². The summed E-state index contributed by atoms with van der Waals surface area (Å²) in [4.78, 5) is 19.4. The minimum absolute atomic E-state index is 0.207. The molecule has 2 heterocycles. The zero-order valence-electron chi connectivity index (χ0n) is 18.1. The first kappa shape index (κ1) is 22.9. The zero-order valence-corrected chi connectivity index (χ0v) is 18.9.